The van der Waals surface area contributed by atoms with Gasteiger partial charge in [0.15, 0.2) is 0 Å². The van der Waals surface area contributed by atoms with Crippen molar-refractivity contribution in [2.45, 2.75) is 51.0 Å². The van der Waals surface area contributed by atoms with E-state index < -0.39 is 10.0 Å². The topological polar surface area (TPSA) is 102 Å². The van der Waals surface area contributed by atoms with E-state index in [0.717, 1.165) is 36.9 Å². The largest absolute Gasteiger partial charge is 0.489 e. The first kappa shape index (κ1) is 24.0. The number of ether oxygens (including phenoxy) is 1. The Hall–Kier alpha value is -3.17. The second-order valence-electron chi connectivity index (χ2n) is 8.42. The van der Waals surface area contributed by atoms with Crippen LogP contribution in [0.1, 0.15) is 53.1 Å². The van der Waals surface area contributed by atoms with Crippen molar-refractivity contribution in [3.8, 4) is 5.75 Å². The summed E-state index contributed by atoms with van der Waals surface area (Å²) in [6.07, 6.45) is 3.88. The quantitative estimate of drug-likeness (QED) is 0.523. The van der Waals surface area contributed by atoms with Crippen LogP contribution in [0.5, 0.6) is 5.75 Å². The highest BCUT2D eigenvalue weighted by molar-refractivity contribution is 7.89. The zero-order chi connectivity index (χ0) is 24.1. The van der Waals surface area contributed by atoms with Crippen LogP contribution in [0, 0.1) is 13.8 Å². The Bertz CT molecular complexity index is 1220. The Morgan fingerprint density at radius 1 is 1.06 bits per heavy atom. The molecule has 8 nitrogen and oxygen atoms in total. The number of nitrogens with zero attached hydrogens (tertiary/aromatic N) is 2. The van der Waals surface area contributed by atoms with Crippen molar-refractivity contribution in [1.29, 1.82) is 0 Å². The third kappa shape index (κ3) is 5.48. The molecule has 2 aromatic carbocycles. The number of hydrogen-bond donors (Lipinski definition) is 1. The van der Waals surface area contributed by atoms with Crippen LogP contribution in [0.15, 0.2) is 57.9 Å². The highest BCUT2D eigenvalue weighted by Gasteiger charge is 2.25. The van der Waals surface area contributed by atoms with Gasteiger partial charge in [-0.3, -0.25) is 4.79 Å². The molecule has 0 bridgehead atoms. The van der Waals surface area contributed by atoms with E-state index in [-0.39, 0.29) is 10.8 Å². The molecule has 4 rings (SSSR count). The molecule has 0 aliphatic carbocycles. The minimum atomic E-state index is -3.53. The molecule has 0 saturated carbocycles. The predicted octanol–water partition coefficient (Wildman–Crippen LogP) is 4.69. The van der Waals surface area contributed by atoms with Gasteiger partial charge in [-0.25, -0.2) is 8.42 Å². The molecule has 1 N–H and O–H groups in total. The lowest BCUT2D eigenvalue weighted by molar-refractivity contribution is 0.102. The Balaban J connectivity index is 1.40. The van der Waals surface area contributed by atoms with Crippen LogP contribution in [0.25, 0.3) is 0 Å². The third-order valence-corrected chi connectivity index (χ3v) is 7.89. The number of aromatic nitrogens is 1. The average molecular weight is 484 g/mol. The molecule has 1 fully saturated rings. The molecule has 1 amide bonds. The fraction of sp³-hybridized carbons (Fsp3) is 0.360. The van der Waals surface area contributed by atoms with Gasteiger partial charge in [0.2, 0.25) is 10.0 Å². The molecule has 0 radical (unpaired) electrons. The highest BCUT2D eigenvalue weighted by atomic mass is 32.2. The first-order valence-electron chi connectivity index (χ1n) is 11.4. The number of rotatable bonds is 7. The lowest BCUT2D eigenvalue weighted by Crippen LogP contribution is -2.31. The van der Waals surface area contributed by atoms with E-state index in [4.69, 9.17) is 9.26 Å². The Morgan fingerprint density at radius 3 is 2.41 bits per heavy atom. The number of aryl methyl sites for hydroxylation is 2. The summed E-state index contributed by atoms with van der Waals surface area (Å²) in [7, 11) is -3.53. The Kier molecular flexibility index (Phi) is 7.33. The molecule has 0 spiro atoms. The number of carbonyl (C=O) groups is 1. The SMILES string of the molecule is Cc1noc(C)c1COc1cccc(C(=O)Nc2ccc(S(=O)(=O)N3CCCCCC3)cc2)c1. The predicted molar refractivity (Wildman–Crippen MR) is 128 cm³/mol. The normalized spacial score (nSPS) is 15.0. The molecule has 2 heterocycles. The molecule has 1 aliphatic rings. The van der Waals surface area contributed by atoms with E-state index in [1.54, 1.807) is 52.8 Å². The molecule has 0 unspecified atom stereocenters. The maximum absolute atomic E-state index is 12.9. The number of nitrogens with one attached hydrogen (secondary N) is 1. The summed E-state index contributed by atoms with van der Waals surface area (Å²) in [5.41, 5.74) is 2.59. The molecule has 9 heteroatoms. The molecule has 1 aromatic heterocycles. The number of anilines is 1. The Morgan fingerprint density at radius 2 is 1.76 bits per heavy atom. The minimum Gasteiger partial charge on any atom is -0.489 e. The van der Waals surface area contributed by atoms with Crippen molar-refractivity contribution in [1.82, 2.24) is 9.46 Å². The first-order valence-corrected chi connectivity index (χ1v) is 12.8. The lowest BCUT2D eigenvalue weighted by Gasteiger charge is -2.20. The van der Waals surface area contributed by atoms with Crippen LogP contribution in [-0.4, -0.2) is 36.9 Å². The summed E-state index contributed by atoms with van der Waals surface area (Å²) in [5.74, 6) is 0.935. The van der Waals surface area contributed by atoms with Gasteiger partial charge in [0.25, 0.3) is 5.91 Å². The van der Waals surface area contributed by atoms with Crippen LogP contribution < -0.4 is 10.1 Å². The molecule has 1 saturated heterocycles. The van der Waals surface area contributed by atoms with Gasteiger partial charge in [-0.2, -0.15) is 4.31 Å². The zero-order valence-corrected chi connectivity index (χ0v) is 20.2. The van der Waals surface area contributed by atoms with Gasteiger partial charge >= 0.3 is 0 Å². The fourth-order valence-electron chi connectivity index (χ4n) is 3.94. The lowest BCUT2D eigenvalue weighted by atomic mass is 10.2. The molecule has 34 heavy (non-hydrogen) atoms. The van der Waals surface area contributed by atoms with Gasteiger partial charge < -0.3 is 14.6 Å². The molecular formula is C25H29N3O5S. The van der Waals surface area contributed by atoms with Crippen LogP contribution in [0.2, 0.25) is 0 Å². The van der Waals surface area contributed by atoms with Crippen LogP contribution in [0.4, 0.5) is 5.69 Å². The van der Waals surface area contributed by atoms with Gasteiger partial charge in [-0.1, -0.05) is 24.1 Å². The maximum atomic E-state index is 12.9. The standard InChI is InChI=1S/C25H29N3O5S/c1-18-24(19(2)33-27-18)17-32-22-9-7-8-20(16-22)25(29)26-21-10-12-23(13-11-21)34(30,31)28-14-5-3-4-6-15-28/h7-13,16H,3-6,14-15,17H2,1-2H3,(H,26,29). The highest BCUT2D eigenvalue weighted by Crippen LogP contribution is 2.23. The molecule has 3 aromatic rings. The molecular weight excluding hydrogens is 454 g/mol. The number of amides is 1. The number of hydrogen-bond acceptors (Lipinski definition) is 6. The first-order chi connectivity index (χ1) is 16.3. The van der Waals surface area contributed by atoms with Gasteiger partial charge in [-0.15, -0.1) is 0 Å². The summed E-state index contributed by atoms with van der Waals surface area (Å²) in [5, 5.41) is 6.73. The van der Waals surface area contributed by atoms with Crippen molar-refractivity contribution < 1.29 is 22.5 Å². The summed E-state index contributed by atoms with van der Waals surface area (Å²) in [6, 6.07) is 13.2. The zero-order valence-electron chi connectivity index (χ0n) is 19.4. The number of carbonyl (C=O) groups excluding carboxylic acids is 1. The molecule has 180 valence electrons. The van der Waals surface area contributed by atoms with Gasteiger partial charge in [0.05, 0.1) is 16.2 Å². The summed E-state index contributed by atoms with van der Waals surface area (Å²) >= 11 is 0. The second-order valence-corrected chi connectivity index (χ2v) is 10.4. The van der Waals surface area contributed by atoms with E-state index in [9.17, 15) is 13.2 Å². The van der Waals surface area contributed by atoms with Crippen molar-refractivity contribution in [3.63, 3.8) is 0 Å². The van der Waals surface area contributed by atoms with Crippen LogP contribution in [0.3, 0.4) is 0 Å². The van der Waals surface area contributed by atoms with Crippen LogP contribution >= 0.6 is 0 Å². The van der Waals surface area contributed by atoms with Gasteiger partial charge in [0.1, 0.15) is 18.1 Å². The van der Waals surface area contributed by atoms with E-state index >= 15 is 0 Å². The fourth-order valence-corrected chi connectivity index (χ4v) is 5.45. The van der Waals surface area contributed by atoms with Gasteiger partial charge in [0, 0.05) is 24.3 Å². The average Bonchev–Trinajstić information content (AvgIpc) is 3.01. The van der Waals surface area contributed by atoms with E-state index in [1.807, 2.05) is 13.8 Å². The van der Waals surface area contributed by atoms with E-state index in [0.29, 0.717) is 42.5 Å². The van der Waals surface area contributed by atoms with Gasteiger partial charge in [-0.05, 0) is 69.2 Å². The van der Waals surface area contributed by atoms with Crippen molar-refractivity contribution >= 4 is 21.6 Å². The van der Waals surface area contributed by atoms with Crippen molar-refractivity contribution in [2.75, 3.05) is 18.4 Å². The maximum Gasteiger partial charge on any atom is 0.255 e. The van der Waals surface area contributed by atoms with E-state index in [2.05, 4.69) is 10.5 Å². The second kappa shape index (κ2) is 10.4. The third-order valence-electron chi connectivity index (χ3n) is 5.98. The monoisotopic (exact) mass is 483 g/mol. The molecule has 1 aliphatic heterocycles. The summed E-state index contributed by atoms with van der Waals surface area (Å²) in [4.78, 5) is 13.0. The summed E-state index contributed by atoms with van der Waals surface area (Å²) < 4.78 is 38.4. The number of benzene rings is 2. The summed E-state index contributed by atoms with van der Waals surface area (Å²) in [6.45, 7) is 5.07. The van der Waals surface area contributed by atoms with Crippen LogP contribution in [-0.2, 0) is 16.6 Å². The Labute approximate surface area is 200 Å². The molecule has 0 atom stereocenters. The smallest absolute Gasteiger partial charge is 0.255 e. The minimum absolute atomic E-state index is 0.238. The van der Waals surface area contributed by atoms with Crippen molar-refractivity contribution in [3.05, 3.63) is 71.1 Å². The van der Waals surface area contributed by atoms with Crippen molar-refractivity contribution in [2.24, 2.45) is 0 Å². The number of sulfonamides is 1. The van der Waals surface area contributed by atoms with E-state index in [1.165, 1.54) is 0 Å².